The first-order valence-electron chi connectivity index (χ1n) is 5.40. The lowest BCUT2D eigenvalue weighted by molar-refractivity contribution is 0.205. The largest absolute Gasteiger partial charge is 0.383 e. The first kappa shape index (κ1) is 14.2. The Labute approximate surface area is 111 Å². The van der Waals surface area contributed by atoms with Crippen molar-refractivity contribution >= 4 is 17.4 Å². The highest BCUT2D eigenvalue weighted by atomic mass is 35.5. The van der Waals surface area contributed by atoms with Crippen LogP contribution >= 0.6 is 11.6 Å². The molecule has 6 heteroatoms. The van der Waals surface area contributed by atoms with E-state index in [0.29, 0.717) is 42.5 Å². The zero-order valence-corrected chi connectivity index (χ0v) is 10.8. The molecule has 1 heterocycles. The molecular formula is C12H13ClN4O. The fourth-order valence-electron chi connectivity index (χ4n) is 1.45. The van der Waals surface area contributed by atoms with Gasteiger partial charge >= 0.3 is 0 Å². The van der Waals surface area contributed by atoms with Gasteiger partial charge in [0.2, 0.25) is 0 Å². The van der Waals surface area contributed by atoms with Crippen molar-refractivity contribution in [2.75, 3.05) is 31.7 Å². The average molecular weight is 265 g/mol. The van der Waals surface area contributed by atoms with Crippen molar-refractivity contribution in [1.82, 2.24) is 4.98 Å². The lowest BCUT2D eigenvalue weighted by atomic mass is 10.2. The maximum Gasteiger partial charge on any atom is 0.148 e. The van der Waals surface area contributed by atoms with Gasteiger partial charge in [-0.25, -0.2) is 4.98 Å². The van der Waals surface area contributed by atoms with E-state index in [1.807, 2.05) is 11.0 Å². The van der Waals surface area contributed by atoms with E-state index in [2.05, 4.69) is 11.1 Å². The van der Waals surface area contributed by atoms with Crippen LogP contribution in [0.15, 0.2) is 12.3 Å². The van der Waals surface area contributed by atoms with Crippen molar-refractivity contribution in [1.29, 1.82) is 10.5 Å². The normalized spacial score (nSPS) is 9.56. The Kier molecular flexibility index (Phi) is 5.93. The zero-order chi connectivity index (χ0) is 13.4. The summed E-state index contributed by atoms with van der Waals surface area (Å²) in [7, 11) is 1.60. The molecule has 0 aromatic carbocycles. The van der Waals surface area contributed by atoms with Gasteiger partial charge in [0.25, 0.3) is 0 Å². The number of nitriles is 2. The summed E-state index contributed by atoms with van der Waals surface area (Å²) in [6.07, 6.45) is 1.89. The number of methoxy groups -OCH3 is 1. The molecule has 0 aliphatic heterocycles. The number of pyridine rings is 1. The van der Waals surface area contributed by atoms with E-state index in [-0.39, 0.29) is 0 Å². The minimum Gasteiger partial charge on any atom is -0.383 e. The topological polar surface area (TPSA) is 72.9 Å². The molecule has 0 bridgehead atoms. The molecule has 0 saturated heterocycles. The molecule has 94 valence electrons. The van der Waals surface area contributed by atoms with Crippen molar-refractivity contribution in [3.8, 4) is 12.1 Å². The van der Waals surface area contributed by atoms with E-state index in [9.17, 15) is 0 Å². The molecule has 5 nitrogen and oxygen atoms in total. The van der Waals surface area contributed by atoms with Crippen LogP contribution in [0.4, 0.5) is 5.82 Å². The molecule has 0 radical (unpaired) electrons. The molecule has 0 amide bonds. The highest BCUT2D eigenvalue weighted by Crippen LogP contribution is 2.26. The highest BCUT2D eigenvalue weighted by molar-refractivity contribution is 6.34. The summed E-state index contributed by atoms with van der Waals surface area (Å²) in [5, 5.41) is 17.9. The maximum atomic E-state index is 8.92. The van der Waals surface area contributed by atoms with Crippen LogP contribution in [-0.2, 0) is 4.74 Å². The van der Waals surface area contributed by atoms with E-state index in [1.54, 1.807) is 13.2 Å². The standard InChI is InChI=1S/C12H13ClN4O/c1-18-8-7-17(6-2-4-14)12-11(13)10(9-15)3-5-16-12/h3,5H,2,6-8H2,1H3. The van der Waals surface area contributed by atoms with Gasteiger partial charge in [0, 0.05) is 26.4 Å². The van der Waals surface area contributed by atoms with Gasteiger partial charge in [-0.1, -0.05) is 11.6 Å². The molecule has 0 spiro atoms. The third kappa shape index (κ3) is 3.59. The van der Waals surface area contributed by atoms with Crippen molar-refractivity contribution in [3.05, 3.63) is 22.8 Å². The number of rotatable bonds is 6. The number of hydrogen-bond acceptors (Lipinski definition) is 5. The summed E-state index contributed by atoms with van der Waals surface area (Å²) >= 11 is 6.11. The van der Waals surface area contributed by atoms with Gasteiger partial charge in [-0.05, 0) is 6.07 Å². The Morgan fingerprint density at radius 1 is 1.44 bits per heavy atom. The second kappa shape index (κ2) is 7.50. The highest BCUT2D eigenvalue weighted by Gasteiger charge is 2.14. The van der Waals surface area contributed by atoms with Crippen molar-refractivity contribution in [2.24, 2.45) is 0 Å². The Morgan fingerprint density at radius 2 is 2.22 bits per heavy atom. The van der Waals surface area contributed by atoms with Crippen LogP contribution in [0, 0.1) is 22.7 Å². The molecule has 1 aromatic heterocycles. The SMILES string of the molecule is COCCN(CCC#N)c1nccc(C#N)c1Cl. The number of nitrogens with zero attached hydrogens (tertiary/aromatic N) is 4. The van der Waals surface area contributed by atoms with E-state index < -0.39 is 0 Å². The second-order valence-electron chi connectivity index (χ2n) is 3.50. The lowest BCUT2D eigenvalue weighted by Gasteiger charge is -2.23. The molecule has 0 saturated carbocycles. The number of aromatic nitrogens is 1. The van der Waals surface area contributed by atoms with Gasteiger partial charge in [-0.2, -0.15) is 10.5 Å². The van der Waals surface area contributed by atoms with E-state index in [4.69, 9.17) is 26.9 Å². The average Bonchev–Trinajstić information content (AvgIpc) is 2.40. The summed E-state index contributed by atoms with van der Waals surface area (Å²) in [6, 6.07) is 5.64. The smallest absolute Gasteiger partial charge is 0.148 e. The van der Waals surface area contributed by atoms with E-state index in [1.165, 1.54) is 6.20 Å². The predicted octanol–water partition coefficient (Wildman–Crippen LogP) is 1.97. The van der Waals surface area contributed by atoms with Crippen molar-refractivity contribution in [3.63, 3.8) is 0 Å². The molecule has 0 aliphatic carbocycles. The third-order valence-electron chi connectivity index (χ3n) is 2.35. The molecule has 0 unspecified atom stereocenters. The molecule has 1 rings (SSSR count). The Morgan fingerprint density at radius 3 is 2.83 bits per heavy atom. The fraction of sp³-hybridized carbons (Fsp3) is 0.417. The lowest BCUT2D eigenvalue weighted by Crippen LogP contribution is -2.29. The Balaban J connectivity index is 2.97. The maximum absolute atomic E-state index is 8.92. The van der Waals surface area contributed by atoms with Gasteiger partial charge in [0.05, 0.1) is 24.7 Å². The molecule has 1 aromatic rings. The fourth-order valence-corrected chi connectivity index (χ4v) is 1.72. The first-order chi connectivity index (χ1) is 8.74. The molecular weight excluding hydrogens is 252 g/mol. The van der Waals surface area contributed by atoms with E-state index >= 15 is 0 Å². The molecule has 18 heavy (non-hydrogen) atoms. The van der Waals surface area contributed by atoms with Gasteiger partial charge < -0.3 is 9.64 Å². The summed E-state index contributed by atoms with van der Waals surface area (Å²) in [4.78, 5) is 6.01. The molecule has 0 N–H and O–H groups in total. The quantitative estimate of drug-likeness (QED) is 0.785. The van der Waals surface area contributed by atoms with Crippen LogP contribution in [-0.4, -0.2) is 31.8 Å². The predicted molar refractivity (Wildman–Crippen MR) is 68.3 cm³/mol. The zero-order valence-electron chi connectivity index (χ0n) is 10.1. The number of halogens is 1. The minimum atomic E-state index is 0.314. The summed E-state index contributed by atoms with van der Waals surface area (Å²) in [5.74, 6) is 0.517. The number of ether oxygens (including phenoxy) is 1. The monoisotopic (exact) mass is 264 g/mol. The number of hydrogen-bond donors (Lipinski definition) is 0. The van der Waals surface area contributed by atoms with Crippen LogP contribution in [0.1, 0.15) is 12.0 Å². The summed E-state index contributed by atoms with van der Waals surface area (Å²) in [6.45, 7) is 1.57. The van der Waals surface area contributed by atoms with Crippen LogP contribution in [0.5, 0.6) is 0 Å². The summed E-state index contributed by atoms with van der Waals surface area (Å²) in [5.41, 5.74) is 0.376. The van der Waals surface area contributed by atoms with Gasteiger partial charge in [-0.3, -0.25) is 0 Å². The molecule has 0 aliphatic rings. The Hall–Kier alpha value is -1.82. The summed E-state index contributed by atoms with van der Waals surface area (Å²) < 4.78 is 5.01. The molecule has 0 fully saturated rings. The van der Waals surface area contributed by atoms with E-state index in [0.717, 1.165) is 0 Å². The van der Waals surface area contributed by atoms with Gasteiger partial charge in [0.1, 0.15) is 16.9 Å². The number of anilines is 1. The van der Waals surface area contributed by atoms with Gasteiger partial charge in [0.15, 0.2) is 0 Å². The van der Waals surface area contributed by atoms with Gasteiger partial charge in [-0.15, -0.1) is 0 Å². The van der Waals surface area contributed by atoms with Crippen LogP contribution in [0.3, 0.4) is 0 Å². The van der Waals surface area contributed by atoms with Crippen LogP contribution in [0.25, 0.3) is 0 Å². The van der Waals surface area contributed by atoms with Crippen LogP contribution in [0.2, 0.25) is 5.02 Å². The second-order valence-corrected chi connectivity index (χ2v) is 3.87. The van der Waals surface area contributed by atoms with Crippen molar-refractivity contribution in [2.45, 2.75) is 6.42 Å². The van der Waals surface area contributed by atoms with Crippen molar-refractivity contribution < 1.29 is 4.74 Å². The Bertz CT molecular complexity index is 478. The first-order valence-corrected chi connectivity index (χ1v) is 5.77. The van der Waals surface area contributed by atoms with Crippen LogP contribution < -0.4 is 4.90 Å². The molecule has 0 atom stereocenters. The minimum absolute atomic E-state index is 0.314. The third-order valence-corrected chi connectivity index (χ3v) is 2.72.